The smallest absolute Gasteiger partial charge is 0.244 e. The monoisotopic (exact) mass is 541 g/mol. The summed E-state index contributed by atoms with van der Waals surface area (Å²) in [6.07, 6.45) is 1.38. The molecule has 0 heterocycles. The molecule has 0 saturated heterocycles. The molecule has 0 aromatic heterocycles. The Labute approximate surface area is 218 Å². The molecule has 0 spiro atoms. The third kappa shape index (κ3) is 8.40. The number of nitrogens with zero attached hydrogens (tertiary/aromatic N) is 2. The summed E-state index contributed by atoms with van der Waals surface area (Å²) in [5.74, 6) is -0.826. The number of halogens is 2. The first-order valence-electron chi connectivity index (χ1n) is 11.2. The maximum atomic E-state index is 13.7. The van der Waals surface area contributed by atoms with Crippen LogP contribution in [0, 0.1) is 6.92 Å². The summed E-state index contributed by atoms with van der Waals surface area (Å²) in [7, 11) is -3.84. The number of amides is 2. The molecule has 0 radical (unpaired) electrons. The van der Waals surface area contributed by atoms with E-state index in [9.17, 15) is 18.0 Å². The highest BCUT2D eigenvalue weighted by atomic mass is 35.5. The van der Waals surface area contributed by atoms with Gasteiger partial charge in [0.1, 0.15) is 12.6 Å². The minimum atomic E-state index is -3.84. The Morgan fingerprint density at radius 2 is 1.60 bits per heavy atom. The fraction of sp³-hybridized carbons (Fsp3) is 0.440. The van der Waals surface area contributed by atoms with Gasteiger partial charge in [0.05, 0.1) is 11.9 Å². The number of sulfonamides is 1. The van der Waals surface area contributed by atoms with Crippen molar-refractivity contribution in [3.8, 4) is 0 Å². The lowest BCUT2D eigenvalue weighted by molar-refractivity contribution is -0.141. The van der Waals surface area contributed by atoms with Crippen LogP contribution < -0.4 is 9.62 Å². The van der Waals surface area contributed by atoms with Gasteiger partial charge in [-0.1, -0.05) is 48.3 Å². The van der Waals surface area contributed by atoms with E-state index in [0.29, 0.717) is 27.7 Å². The summed E-state index contributed by atoms with van der Waals surface area (Å²) in [6, 6.07) is 11.0. The Morgan fingerprint density at radius 3 is 2.11 bits per heavy atom. The lowest BCUT2D eigenvalue weighted by Gasteiger charge is -2.34. The van der Waals surface area contributed by atoms with Gasteiger partial charge in [0.2, 0.25) is 21.8 Å². The molecule has 0 saturated carbocycles. The van der Waals surface area contributed by atoms with Crippen molar-refractivity contribution in [1.82, 2.24) is 10.2 Å². The Balaban J connectivity index is 2.49. The van der Waals surface area contributed by atoms with Gasteiger partial charge >= 0.3 is 0 Å². The van der Waals surface area contributed by atoms with E-state index < -0.39 is 34.1 Å². The van der Waals surface area contributed by atoms with Gasteiger partial charge in [-0.05, 0) is 69.5 Å². The van der Waals surface area contributed by atoms with E-state index in [-0.39, 0.29) is 12.5 Å². The molecule has 2 rings (SSSR count). The topological polar surface area (TPSA) is 86.8 Å². The molecule has 2 amide bonds. The number of carbonyl (C=O) groups is 2. The molecule has 0 aliphatic carbocycles. The summed E-state index contributed by atoms with van der Waals surface area (Å²) in [4.78, 5) is 28.3. The summed E-state index contributed by atoms with van der Waals surface area (Å²) in [5.41, 5.74) is 1.21. The molecule has 35 heavy (non-hydrogen) atoms. The van der Waals surface area contributed by atoms with Gasteiger partial charge in [0.15, 0.2) is 0 Å². The van der Waals surface area contributed by atoms with Crippen molar-refractivity contribution in [3.63, 3.8) is 0 Å². The fourth-order valence-corrected chi connectivity index (χ4v) is 4.80. The van der Waals surface area contributed by atoms with Crippen LogP contribution in [0.1, 0.15) is 45.2 Å². The normalized spacial score (nSPS) is 12.7. The van der Waals surface area contributed by atoms with Gasteiger partial charge in [-0.2, -0.15) is 0 Å². The molecule has 10 heteroatoms. The van der Waals surface area contributed by atoms with Crippen LogP contribution >= 0.6 is 23.2 Å². The largest absolute Gasteiger partial charge is 0.350 e. The van der Waals surface area contributed by atoms with Crippen molar-refractivity contribution < 1.29 is 18.0 Å². The first-order chi connectivity index (χ1) is 16.1. The van der Waals surface area contributed by atoms with Crippen LogP contribution in [0.3, 0.4) is 0 Å². The Hall–Kier alpha value is -2.29. The molecule has 0 aliphatic rings. The Bertz CT molecular complexity index is 1160. The second-order valence-corrected chi connectivity index (χ2v) is 12.3. The van der Waals surface area contributed by atoms with Crippen LogP contribution in [0.5, 0.6) is 0 Å². The first-order valence-corrected chi connectivity index (χ1v) is 13.8. The predicted molar refractivity (Wildman–Crippen MR) is 142 cm³/mol. The molecule has 7 nitrogen and oxygen atoms in total. The summed E-state index contributed by atoms with van der Waals surface area (Å²) in [5, 5.41) is 3.82. The van der Waals surface area contributed by atoms with Crippen LogP contribution in [0.2, 0.25) is 10.0 Å². The quantitative estimate of drug-likeness (QED) is 0.494. The van der Waals surface area contributed by atoms with E-state index in [1.165, 1.54) is 11.0 Å². The van der Waals surface area contributed by atoms with Gasteiger partial charge in [0, 0.05) is 22.1 Å². The third-order valence-electron chi connectivity index (χ3n) is 5.27. The third-order valence-corrected chi connectivity index (χ3v) is 6.88. The lowest BCUT2D eigenvalue weighted by Crippen LogP contribution is -2.55. The summed E-state index contributed by atoms with van der Waals surface area (Å²) in [6.45, 7) is 8.75. The molecule has 0 fully saturated rings. The second-order valence-electron chi connectivity index (χ2n) is 9.51. The van der Waals surface area contributed by atoms with Crippen LogP contribution in [0.15, 0.2) is 42.5 Å². The van der Waals surface area contributed by atoms with Crippen molar-refractivity contribution in [2.24, 2.45) is 0 Å². The van der Waals surface area contributed by atoms with E-state index in [4.69, 9.17) is 23.2 Å². The number of nitrogens with one attached hydrogen (secondary N) is 1. The van der Waals surface area contributed by atoms with Crippen molar-refractivity contribution in [3.05, 3.63) is 63.6 Å². The van der Waals surface area contributed by atoms with E-state index in [1.54, 1.807) is 43.3 Å². The molecule has 2 aromatic carbocycles. The molecule has 2 aromatic rings. The van der Waals surface area contributed by atoms with Gasteiger partial charge < -0.3 is 10.2 Å². The molecule has 1 N–H and O–H groups in total. The second kappa shape index (κ2) is 11.6. The molecule has 1 atom stereocenters. The van der Waals surface area contributed by atoms with E-state index in [2.05, 4.69) is 5.32 Å². The highest BCUT2D eigenvalue weighted by Crippen LogP contribution is 2.27. The minimum Gasteiger partial charge on any atom is -0.350 e. The molecule has 192 valence electrons. The van der Waals surface area contributed by atoms with Crippen molar-refractivity contribution in [2.45, 2.75) is 59.2 Å². The lowest BCUT2D eigenvalue weighted by atomic mass is 10.1. The highest BCUT2D eigenvalue weighted by Gasteiger charge is 2.33. The summed E-state index contributed by atoms with van der Waals surface area (Å²) < 4.78 is 26.5. The van der Waals surface area contributed by atoms with Gasteiger partial charge in [0.25, 0.3) is 0 Å². The number of aryl methyl sites for hydroxylation is 1. The first kappa shape index (κ1) is 28.9. The number of benzene rings is 2. The molecular formula is C25H33Cl2N3O4S. The fourth-order valence-electron chi connectivity index (χ4n) is 3.60. The van der Waals surface area contributed by atoms with Crippen LogP contribution in [0.4, 0.5) is 5.69 Å². The zero-order valence-corrected chi connectivity index (χ0v) is 23.3. The maximum Gasteiger partial charge on any atom is 0.244 e. The number of anilines is 1. The van der Waals surface area contributed by atoms with Crippen molar-refractivity contribution in [1.29, 1.82) is 0 Å². The van der Waals surface area contributed by atoms with E-state index >= 15 is 0 Å². The molecular weight excluding hydrogens is 509 g/mol. The van der Waals surface area contributed by atoms with Crippen LogP contribution in [0.25, 0.3) is 0 Å². The highest BCUT2D eigenvalue weighted by molar-refractivity contribution is 7.92. The summed E-state index contributed by atoms with van der Waals surface area (Å²) >= 11 is 12.1. The average molecular weight is 543 g/mol. The SMILES string of the molecule is CC[C@@H](C(=O)NC(C)(C)C)N(Cc1ccc(Cl)cc1)C(=O)CN(c1cc(Cl)ccc1C)S(C)(=O)=O. The van der Waals surface area contributed by atoms with Gasteiger partial charge in [-0.3, -0.25) is 13.9 Å². The minimum absolute atomic E-state index is 0.109. The molecule has 0 aliphatic heterocycles. The standard InChI is InChI=1S/C25H33Cl2N3O4S/c1-7-21(24(32)28-25(3,4)5)29(15-18-9-12-19(26)13-10-18)23(31)16-30(35(6,33)34)22-14-20(27)11-8-17(22)2/h8-14,21H,7,15-16H2,1-6H3,(H,28,32)/t21-/m0/s1. The van der Waals surface area contributed by atoms with E-state index in [0.717, 1.165) is 16.1 Å². The van der Waals surface area contributed by atoms with Gasteiger partial charge in [-0.25, -0.2) is 8.42 Å². The molecule has 0 unspecified atom stereocenters. The van der Waals surface area contributed by atoms with Crippen LogP contribution in [-0.2, 0) is 26.2 Å². The number of hydrogen-bond donors (Lipinski definition) is 1. The van der Waals surface area contributed by atoms with Gasteiger partial charge in [-0.15, -0.1) is 0 Å². The Kier molecular flexibility index (Phi) is 9.62. The number of rotatable bonds is 9. The number of carbonyl (C=O) groups excluding carboxylic acids is 2. The average Bonchev–Trinajstić information content (AvgIpc) is 2.73. The van der Waals surface area contributed by atoms with Crippen molar-refractivity contribution in [2.75, 3.05) is 17.1 Å². The zero-order valence-electron chi connectivity index (χ0n) is 20.9. The van der Waals surface area contributed by atoms with E-state index in [1.807, 2.05) is 27.7 Å². The zero-order chi connectivity index (χ0) is 26.6. The number of hydrogen-bond acceptors (Lipinski definition) is 4. The van der Waals surface area contributed by atoms with Crippen molar-refractivity contribution >= 4 is 50.7 Å². The molecule has 0 bridgehead atoms. The predicted octanol–water partition coefficient (Wildman–Crippen LogP) is 4.79. The Morgan fingerprint density at radius 1 is 1.03 bits per heavy atom. The maximum absolute atomic E-state index is 13.7. The van der Waals surface area contributed by atoms with Crippen LogP contribution in [-0.4, -0.2) is 49.5 Å².